The van der Waals surface area contributed by atoms with Crippen molar-refractivity contribution in [1.82, 2.24) is 5.32 Å². The summed E-state index contributed by atoms with van der Waals surface area (Å²) >= 11 is 3.30. The molecule has 2 rings (SSSR count). The fraction of sp³-hybridized carbons (Fsp3) is 0.500. The van der Waals surface area contributed by atoms with E-state index in [4.69, 9.17) is 0 Å². The van der Waals surface area contributed by atoms with Gasteiger partial charge < -0.3 is 5.32 Å². The standard InChI is InChI=1S/C12H15BrFNO2S/c13-11-1-2-12(14)10(5-11)7-15-6-9-3-4-18(16,17)8-9/h1-2,5,9,15H,3-4,6-8H2. The minimum Gasteiger partial charge on any atom is -0.312 e. The molecule has 1 aliphatic heterocycles. The zero-order valence-corrected chi connectivity index (χ0v) is 12.2. The number of benzene rings is 1. The van der Waals surface area contributed by atoms with Gasteiger partial charge in [-0.3, -0.25) is 0 Å². The fourth-order valence-electron chi connectivity index (χ4n) is 2.12. The Hall–Kier alpha value is -0.460. The zero-order chi connectivity index (χ0) is 13.2. The molecule has 0 saturated carbocycles. The lowest BCUT2D eigenvalue weighted by molar-refractivity contribution is 0.510. The first kappa shape index (κ1) is 14.0. The molecule has 0 aliphatic carbocycles. The molecule has 0 spiro atoms. The molecule has 1 heterocycles. The van der Waals surface area contributed by atoms with Gasteiger partial charge in [0.1, 0.15) is 5.82 Å². The molecule has 0 amide bonds. The van der Waals surface area contributed by atoms with Crippen LogP contribution in [0.4, 0.5) is 4.39 Å². The first-order valence-corrected chi connectivity index (χ1v) is 8.43. The summed E-state index contributed by atoms with van der Waals surface area (Å²) in [5.41, 5.74) is 0.588. The SMILES string of the molecule is O=S1(=O)CCC(CNCc2cc(Br)ccc2F)C1. The molecule has 1 N–H and O–H groups in total. The van der Waals surface area contributed by atoms with E-state index in [0.717, 1.165) is 4.47 Å². The van der Waals surface area contributed by atoms with Crippen molar-refractivity contribution in [2.24, 2.45) is 5.92 Å². The molecular formula is C12H15BrFNO2S. The third kappa shape index (κ3) is 3.76. The van der Waals surface area contributed by atoms with Gasteiger partial charge in [0.2, 0.25) is 0 Å². The summed E-state index contributed by atoms with van der Waals surface area (Å²) in [5, 5.41) is 3.12. The number of hydrogen-bond donors (Lipinski definition) is 1. The molecule has 1 atom stereocenters. The van der Waals surface area contributed by atoms with Crippen molar-refractivity contribution in [2.75, 3.05) is 18.1 Å². The monoisotopic (exact) mass is 335 g/mol. The largest absolute Gasteiger partial charge is 0.312 e. The van der Waals surface area contributed by atoms with Gasteiger partial charge in [-0.05, 0) is 37.1 Å². The van der Waals surface area contributed by atoms with Gasteiger partial charge >= 0.3 is 0 Å². The molecule has 3 nitrogen and oxygen atoms in total. The van der Waals surface area contributed by atoms with E-state index in [1.807, 2.05) is 0 Å². The van der Waals surface area contributed by atoms with E-state index in [1.165, 1.54) is 6.07 Å². The van der Waals surface area contributed by atoms with Crippen LogP contribution >= 0.6 is 15.9 Å². The van der Waals surface area contributed by atoms with Crippen molar-refractivity contribution in [3.8, 4) is 0 Å². The Balaban J connectivity index is 1.84. The maximum atomic E-state index is 13.4. The van der Waals surface area contributed by atoms with Crippen molar-refractivity contribution >= 4 is 25.8 Å². The van der Waals surface area contributed by atoms with Crippen LogP contribution in [-0.4, -0.2) is 26.5 Å². The molecule has 1 aromatic carbocycles. The number of rotatable bonds is 4. The molecular weight excluding hydrogens is 321 g/mol. The summed E-state index contributed by atoms with van der Waals surface area (Å²) in [5.74, 6) is 0.445. The molecule has 0 radical (unpaired) electrons. The lowest BCUT2D eigenvalue weighted by atomic mass is 10.1. The van der Waals surface area contributed by atoms with Crippen molar-refractivity contribution in [1.29, 1.82) is 0 Å². The topological polar surface area (TPSA) is 46.2 Å². The van der Waals surface area contributed by atoms with Crippen LogP contribution in [0.3, 0.4) is 0 Å². The highest BCUT2D eigenvalue weighted by Gasteiger charge is 2.27. The Morgan fingerprint density at radius 1 is 1.44 bits per heavy atom. The second-order valence-electron chi connectivity index (χ2n) is 4.64. The maximum absolute atomic E-state index is 13.4. The van der Waals surface area contributed by atoms with Crippen LogP contribution in [0.15, 0.2) is 22.7 Å². The summed E-state index contributed by atoms with van der Waals surface area (Å²) < 4.78 is 36.8. The van der Waals surface area contributed by atoms with Crippen LogP contribution < -0.4 is 5.32 Å². The van der Waals surface area contributed by atoms with E-state index >= 15 is 0 Å². The van der Waals surface area contributed by atoms with E-state index in [9.17, 15) is 12.8 Å². The Morgan fingerprint density at radius 2 is 2.22 bits per heavy atom. The van der Waals surface area contributed by atoms with Gasteiger partial charge in [-0.1, -0.05) is 15.9 Å². The van der Waals surface area contributed by atoms with Gasteiger partial charge in [0.05, 0.1) is 11.5 Å². The second kappa shape index (κ2) is 5.67. The van der Waals surface area contributed by atoms with Gasteiger partial charge in [-0.25, -0.2) is 12.8 Å². The van der Waals surface area contributed by atoms with Crippen molar-refractivity contribution < 1.29 is 12.8 Å². The molecule has 0 bridgehead atoms. The molecule has 6 heteroatoms. The Kier molecular flexibility index (Phi) is 4.40. The van der Waals surface area contributed by atoms with E-state index in [2.05, 4.69) is 21.2 Å². The summed E-state index contributed by atoms with van der Waals surface area (Å²) in [4.78, 5) is 0. The molecule has 1 saturated heterocycles. The molecule has 100 valence electrons. The smallest absolute Gasteiger partial charge is 0.150 e. The van der Waals surface area contributed by atoms with E-state index < -0.39 is 9.84 Å². The van der Waals surface area contributed by atoms with Gasteiger partial charge in [0.25, 0.3) is 0 Å². The van der Waals surface area contributed by atoms with Crippen LogP contribution in [0, 0.1) is 11.7 Å². The minimum atomic E-state index is -2.83. The number of halogens is 2. The summed E-state index contributed by atoms with van der Waals surface area (Å²) in [6, 6.07) is 4.80. The third-order valence-electron chi connectivity index (χ3n) is 3.08. The van der Waals surface area contributed by atoms with Crippen molar-refractivity contribution in [3.63, 3.8) is 0 Å². The summed E-state index contributed by atoms with van der Waals surface area (Å²) in [7, 11) is -2.83. The van der Waals surface area contributed by atoms with Crippen molar-refractivity contribution in [2.45, 2.75) is 13.0 Å². The zero-order valence-electron chi connectivity index (χ0n) is 9.83. The van der Waals surface area contributed by atoms with E-state index in [1.54, 1.807) is 12.1 Å². The predicted octanol–water partition coefficient (Wildman–Crippen LogP) is 2.11. The summed E-state index contributed by atoms with van der Waals surface area (Å²) in [6.07, 6.45) is 0.705. The maximum Gasteiger partial charge on any atom is 0.150 e. The molecule has 1 aromatic rings. The first-order chi connectivity index (χ1) is 8.46. The Labute approximate surface area is 115 Å². The molecule has 1 aliphatic rings. The van der Waals surface area contributed by atoms with Crippen LogP contribution in [0.2, 0.25) is 0 Å². The van der Waals surface area contributed by atoms with Gasteiger partial charge in [0, 0.05) is 16.6 Å². The van der Waals surface area contributed by atoms with Gasteiger partial charge in [0.15, 0.2) is 9.84 Å². The lowest BCUT2D eigenvalue weighted by Gasteiger charge is -2.10. The number of sulfone groups is 1. The molecule has 0 aromatic heterocycles. The van der Waals surface area contributed by atoms with Gasteiger partial charge in [-0.2, -0.15) is 0 Å². The quantitative estimate of drug-likeness (QED) is 0.916. The van der Waals surface area contributed by atoms with Gasteiger partial charge in [-0.15, -0.1) is 0 Å². The van der Waals surface area contributed by atoms with Crippen LogP contribution in [0.1, 0.15) is 12.0 Å². The normalized spacial score (nSPS) is 22.2. The second-order valence-corrected chi connectivity index (χ2v) is 7.78. The predicted molar refractivity (Wildman–Crippen MR) is 72.6 cm³/mol. The van der Waals surface area contributed by atoms with Crippen LogP contribution in [0.25, 0.3) is 0 Å². The summed E-state index contributed by atoms with van der Waals surface area (Å²) in [6.45, 7) is 1.03. The Morgan fingerprint density at radius 3 is 2.89 bits per heavy atom. The highest BCUT2D eigenvalue weighted by Crippen LogP contribution is 2.18. The van der Waals surface area contributed by atoms with Crippen molar-refractivity contribution in [3.05, 3.63) is 34.1 Å². The van der Waals surface area contributed by atoms with Crippen LogP contribution in [-0.2, 0) is 16.4 Å². The lowest BCUT2D eigenvalue weighted by Crippen LogP contribution is -2.23. The van der Waals surface area contributed by atoms with E-state index in [0.29, 0.717) is 25.1 Å². The molecule has 18 heavy (non-hydrogen) atoms. The molecule has 1 fully saturated rings. The van der Waals surface area contributed by atoms with Crippen LogP contribution in [0.5, 0.6) is 0 Å². The Bertz CT molecular complexity index is 533. The fourth-order valence-corrected chi connectivity index (χ4v) is 4.39. The number of nitrogens with one attached hydrogen (secondary N) is 1. The first-order valence-electron chi connectivity index (χ1n) is 5.81. The average molecular weight is 336 g/mol. The third-order valence-corrected chi connectivity index (χ3v) is 5.41. The molecule has 1 unspecified atom stereocenters. The average Bonchev–Trinajstić information content (AvgIpc) is 2.63. The highest BCUT2D eigenvalue weighted by atomic mass is 79.9. The van der Waals surface area contributed by atoms with E-state index in [-0.39, 0.29) is 23.2 Å². The highest BCUT2D eigenvalue weighted by molar-refractivity contribution is 9.10. The number of hydrogen-bond acceptors (Lipinski definition) is 3. The minimum absolute atomic E-state index is 0.158.